The summed E-state index contributed by atoms with van der Waals surface area (Å²) in [5.74, 6) is -0.0363. The Balaban J connectivity index is 1.75. The van der Waals surface area contributed by atoms with E-state index in [2.05, 4.69) is 16.0 Å². The SMILES string of the molecule is CC(=O)OCCOCn1cnc2c(=O)n3cc(-c4ccccc4)n(CC#N)c3nc21. The molecule has 0 fully saturated rings. The lowest BCUT2D eigenvalue weighted by molar-refractivity contribution is -0.142. The Morgan fingerprint density at radius 3 is 2.77 bits per heavy atom. The van der Waals surface area contributed by atoms with Crippen molar-refractivity contribution in [2.45, 2.75) is 20.2 Å². The predicted molar refractivity (Wildman–Crippen MR) is 106 cm³/mol. The molecule has 4 rings (SSSR count). The van der Waals surface area contributed by atoms with Crippen LogP contribution in [0, 0.1) is 11.3 Å². The van der Waals surface area contributed by atoms with Crippen LogP contribution in [0.1, 0.15) is 6.92 Å². The number of fused-ring (bicyclic) bond motifs is 2. The quantitative estimate of drug-likeness (QED) is 0.338. The van der Waals surface area contributed by atoms with Crippen molar-refractivity contribution in [2.75, 3.05) is 13.2 Å². The number of nitrogens with zero attached hydrogens (tertiary/aromatic N) is 6. The Hall–Kier alpha value is -3.97. The van der Waals surface area contributed by atoms with Gasteiger partial charge in [-0.25, -0.2) is 9.38 Å². The predicted octanol–water partition coefficient (Wildman–Crippen LogP) is 1.57. The minimum absolute atomic E-state index is 0.0334. The number of aromatic nitrogens is 5. The fraction of sp³-hybridized carbons (Fsp3) is 0.250. The largest absolute Gasteiger partial charge is 0.463 e. The molecule has 152 valence electrons. The molecule has 3 aromatic heterocycles. The summed E-state index contributed by atoms with van der Waals surface area (Å²) in [6.07, 6.45) is 3.14. The molecule has 0 radical (unpaired) electrons. The van der Waals surface area contributed by atoms with Gasteiger partial charge >= 0.3 is 5.97 Å². The standard InChI is InChI=1S/C20H18N6O4/c1-14(27)30-10-9-29-13-24-12-22-17-18(24)23-20-25(8-7-21)16(11-26(20)19(17)28)15-5-3-2-4-6-15/h2-6,11-12H,8-10,13H2,1H3. The zero-order chi connectivity index (χ0) is 21.1. The summed E-state index contributed by atoms with van der Waals surface area (Å²) < 4.78 is 15.0. The zero-order valence-corrected chi connectivity index (χ0v) is 16.2. The number of hydrogen-bond acceptors (Lipinski definition) is 7. The summed E-state index contributed by atoms with van der Waals surface area (Å²) in [4.78, 5) is 32.6. The number of ether oxygens (including phenoxy) is 2. The van der Waals surface area contributed by atoms with E-state index in [0.29, 0.717) is 17.1 Å². The topological polar surface area (TPSA) is 116 Å². The van der Waals surface area contributed by atoms with Crippen LogP contribution < -0.4 is 5.56 Å². The maximum absolute atomic E-state index is 13.0. The van der Waals surface area contributed by atoms with E-state index in [0.717, 1.165) is 5.56 Å². The first-order valence-electron chi connectivity index (χ1n) is 9.20. The molecule has 0 aliphatic rings. The first kappa shape index (κ1) is 19.4. The van der Waals surface area contributed by atoms with E-state index in [1.54, 1.807) is 15.3 Å². The Labute approximate surface area is 170 Å². The smallest absolute Gasteiger partial charge is 0.302 e. The minimum Gasteiger partial charge on any atom is -0.463 e. The van der Waals surface area contributed by atoms with Gasteiger partial charge < -0.3 is 9.47 Å². The summed E-state index contributed by atoms with van der Waals surface area (Å²) >= 11 is 0. The maximum Gasteiger partial charge on any atom is 0.302 e. The van der Waals surface area contributed by atoms with Crippen LogP contribution in [-0.4, -0.2) is 42.7 Å². The van der Waals surface area contributed by atoms with Crippen molar-refractivity contribution in [1.29, 1.82) is 5.26 Å². The van der Waals surface area contributed by atoms with E-state index in [1.165, 1.54) is 17.7 Å². The number of nitriles is 1. The highest BCUT2D eigenvalue weighted by Crippen LogP contribution is 2.22. The molecular weight excluding hydrogens is 388 g/mol. The van der Waals surface area contributed by atoms with Crippen LogP contribution >= 0.6 is 0 Å². The molecule has 0 bridgehead atoms. The van der Waals surface area contributed by atoms with E-state index < -0.39 is 0 Å². The van der Waals surface area contributed by atoms with Crippen molar-refractivity contribution in [1.82, 2.24) is 23.5 Å². The third-order valence-electron chi connectivity index (χ3n) is 4.50. The molecular formula is C20H18N6O4. The molecule has 0 aliphatic heterocycles. The van der Waals surface area contributed by atoms with Crippen LogP contribution in [0.25, 0.3) is 28.2 Å². The number of carbonyl (C=O) groups excluding carboxylic acids is 1. The summed E-state index contributed by atoms with van der Waals surface area (Å²) in [6.45, 7) is 1.78. The Kier molecular flexibility index (Phi) is 5.28. The van der Waals surface area contributed by atoms with Gasteiger partial charge in [0.05, 0.1) is 24.7 Å². The van der Waals surface area contributed by atoms with Crippen LogP contribution in [0.4, 0.5) is 0 Å². The molecule has 3 heterocycles. The van der Waals surface area contributed by atoms with Gasteiger partial charge in [0.15, 0.2) is 11.2 Å². The first-order valence-corrected chi connectivity index (χ1v) is 9.20. The van der Waals surface area contributed by atoms with Crippen LogP contribution in [0.2, 0.25) is 0 Å². The van der Waals surface area contributed by atoms with Crippen molar-refractivity contribution in [3.63, 3.8) is 0 Å². The second-order valence-corrected chi connectivity index (χ2v) is 6.48. The average molecular weight is 406 g/mol. The lowest BCUT2D eigenvalue weighted by Gasteiger charge is -2.07. The number of carbonyl (C=O) groups is 1. The molecule has 10 heteroatoms. The van der Waals surface area contributed by atoms with Crippen LogP contribution in [-0.2, 0) is 27.5 Å². The van der Waals surface area contributed by atoms with Crippen molar-refractivity contribution >= 4 is 22.9 Å². The van der Waals surface area contributed by atoms with Gasteiger partial charge in [0.1, 0.15) is 19.9 Å². The average Bonchev–Trinajstić information content (AvgIpc) is 3.31. The van der Waals surface area contributed by atoms with Gasteiger partial charge in [0, 0.05) is 13.1 Å². The third kappa shape index (κ3) is 3.54. The zero-order valence-electron chi connectivity index (χ0n) is 16.2. The highest BCUT2D eigenvalue weighted by atomic mass is 16.6. The lowest BCUT2D eigenvalue weighted by Crippen LogP contribution is -2.16. The van der Waals surface area contributed by atoms with Gasteiger partial charge in [-0.3, -0.25) is 18.7 Å². The number of esters is 1. The molecule has 0 unspecified atom stereocenters. The molecule has 0 aliphatic carbocycles. The van der Waals surface area contributed by atoms with Gasteiger partial charge in [0.25, 0.3) is 5.56 Å². The van der Waals surface area contributed by atoms with Crippen LogP contribution in [0.3, 0.4) is 0 Å². The van der Waals surface area contributed by atoms with Gasteiger partial charge in [-0.1, -0.05) is 30.3 Å². The molecule has 0 saturated carbocycles. The Morgan fingerprint density at radius 2 is 2.03 bits per heavy atom. The fourth-order valence-corrected chi connectivity index (χ4v) is 3.17. The van der Waals surface area contributed by atoms with Gasteiger partial charge in [-0.15, -0.1) is 0 Å². The molecule has 0 atom stereocenters. The van der Waals surface area contributed by atoms with Crippen LogP contribution in [0.5, 0.6) is 0 Å². The molecule has 0 spiro atoms. The van der Waals surface area contributed by atoms with Gasteiger partial charge in [0.2, 0.25) is 5.78 Å². The molecule has 0 N–H and O–H groups in total. The van der Waals surface area contributed by atoms with Gasteiger partial charge in [-0.05, 0) is 5.56 Å². The summed E-state index contributed by atoms with van der Waals surface area (Å²) in [5.41, 5.74) is 1.79. The van der Waals surface area contributed by atoms with Crippen molar-refractivity contribution < 1.29 is 14.3 Å². The van der Waals surface area contributed by atoms with E-state index in [-0.39, 0.29) is 43.5 Å². The molecule has 0 saturated heterocycles. The summed E-state index contributed by atoms with van der Waals surface area (Å²) in [5, 5.41) is 9.31. The number of hydrogen-bond donors (Lipinski definition) is 0. The highest BCUT2D eigenvalue weighted by molar-refractivity contribution is 5.73. The van der Waals surface area contributed by atoms with E-state index in [4.69, 9.17) is 9.47 Å². The first-order chi connectivity index (χ1) is 14.6. The third-order valence-corrected chi connectivity index (χ3v) is 4.50. The molecule has 10 nitrogen and oxygen atoms in total. The molecule has 30 heavy (non-hydrogen) atoms. The van der Waals surface area contributed by atoms with Gasteiger partial charge in [-0.2, -0.15) is 10.2 Å². The summed E-state index contributed by atoms with van der Waals surface area (Å²) in [6, 6.07) is 11.6. The van der Waals surface area contributed by atoms with E-state index in [9.17, 15) is 14.9 Å². The second-order valence-electron chi connectivity index (χ2n) is 6.48. The number of imidazole rings is 2. The highest BCUT2D eigenvalue weighted by Gasteiger charge is 2.18. The van der Waals surface area contributed by atoms with Crippen molar-refractivity contribution in [3.05, 3.63) is 53.2 Å². The molecule has 0 amide bonds. The monoisotopic (exact) mass is 406 g/mol. The lowest BCUT2D eigenvalue weighted by atomic mass is 10.2. The minimum atomic E-state index is -0.378. The Morgan fingerprint density at radius 1 is 1.23 bits per heavy atom. The van der Waals surface area contributed by atoms with Crippen LogP contribution in [0.15, 0.2) is 47.7 Å². The second kappa shape index (κ2) is 8.18. The fourth-order valence-electron chi connectivity index (χ4n) is 3.17. The van der Waals surface area contributed by atoms with E-state index >= 15 is 0 Å². The van der Waals surface area contributed by atoms with Crippen molar-refractivity contribution in [2.24, 2.45) is 0 Å². The summed E-state index contributed by atoms with van der Waals surface area (Å²) in [7, 11) is 0. The number of benzene rings is 1. The maximum atomic E-state index is 13.0. The van der Waals surface area contributed by atoms with E-state index in [1.807, 2.05) is 30.3 Å². The molecule has 1 aromatic carbocycles. The number of rotatable bonds is 7. The molecule has 4 aromatic rings. The Bertz CT molecular complexity index is 1310. The normalized spacial score (nSPS) is 11.1. The van der Waals surface area contributed by atoms with Crippen molar-refractivity contribution in [3.8, 4) is 17.3 Å².